The van der Waals surface area contributed by atoms with Crippen LogP contribution in [0.3, 0.4) is 0 Å². The van der Waals surface area contributed by atoms with Crippen molar-refractivity contribution in [2.45, 2.75) is 0 Å². The average molecular weight is 328 g/mol. The average Bonchev–Trinajstić information content (AvgIpc) is 3.26. The number of nitrogens with one attached hydrogen (secondary N) is 1. The van der Waals surface area contributed by atoms with Crippen LogP contribution in [0.2, 0.25) is 0 Å². The molecule has 0 radical (unpaired) electrons. The second-order valence-corrected chi connectivity index (χ2v) is 6.25. The first-order valence-electron chi connectivity index (χ1n) is 7.41. The van der Waals surface area contributed by atoms with Gasteiger partial charge >= 0.3 is 0 Å². The molecule has 0 aliphatic rings. The van der Waals surface area contributed by atoms with Crippen LogP contribution >= 0.6 is 11.3 Å². The summed E-state index contributed by atoms with van der Waals surface area (Å²) in [7, 11) is 0. The maximum atomic E-state index is 9.58. The third-order valence-corrected chi connectivity index (χ3v) is 4.75. The Morgan fingerprint density at radius 1 is 1.08 bits per heavy atom. The van der Waals surface area contributed by atoms with Gasteiger partial charge in [0.2, 0.25) is 0 Å². The molecule has 0 unspecified atom stereocenters. The Labute approximate surface area is 142 Å². The van der Waals surface area contributed by atoms with Gasteiger partial charge in [0, 0.05) is 11.1 Å². The van der Waals surface area contributed by atoms with Crippen LogP contribution in [0.25, 0.3) is 33.1 Å². The number of allylic oxidation sites excluding steroid dienone is 1. The maximum absolute atomic E-state index is 9.58. The minimum Gasteiger partial charge on any atom is -0.277 e. The van der Waals surface area contributed by atoms with Crippen molar-refractivity contribution in [1.29, 1.82) is 5.26 Å². The Bertz CT molecular complexity index is 1030. The van der Waals surface area contributed by atoms with Crippen molar-refractivity contribution in [3.63, 3.8) is 0 Å². The molecule has 4 nitrogen and oxygen atoms in total. The van der Waals surface area contributed by atoms with Gasteiger partial charge in [-0.3, -0.25) is 5.10 Å². The minimum absolute atomic E-state index is 0.537. The van der Waals surface area contributed by atoms with Crippen molar-refractivity contribution in [2.75, 3.05) is 0 Å². The first-order chi connectivity index (χ1) is 11.8. The van der Waals surface area contributed by atoms with Gasteiger partial charge in [-0.25, -0.2) is 4.98 Å². The molecule has 2 aromatic carbocycles. The van der Waals surface area contributed by atoms with E-state index in [0.29, 0.717) is 5.57 Å². The van der Waals surface area contributed by atoms with E-state index in [4.69, 9.17) is 0 Å². The highest BCUT2D eigenvalue weighted by Crippen LogP contribution is 2.30. The molecule has 0 saturated carbocycles. The zero-order valence-corrected chi connectivity index (χ0v) is 13.4. The molecule has 0 fully saturated rings. The molecule has 0 spiro atoms. The van der Waals surface area contributed by atoms with Crippen LogP contribution in [-0.4, -0.2) is 15.2 Å². The lowest BCUT2D eigenvalue weighted by Gasteiger charge is -1.99. The molecule has 2 heterocycles. The lowest BCUT2D eigenvalue weighted by molar-refractivity contribution is 1.10. The summed E-state index contributed by atoms with van der Waals surface area (Å²) >= 11 is 1.52. The summed E-state index contributed by atoms with van der Waals surface area (Å²) in [4.78, 5) is 4.56. The molecule has 0 aliphatic carbocycles. The van der Waals surface area contributed by atoms with Crippen molar-refractivity contribution in [3.8, 4) is 17.3 Å². The van der Waals surface area contributed by atoms with Crippen molar-refractivity contribution in [1.82, 2.24) is 15.2 Å². The van der Waals surface area contributed by atoms with Gasteiger partial charge in [-0.15, -0.1) is 11.3 Å². The van der Waals surface area contributed by atoms with Crippen molar-refractivity contribution in [2.24, 2.45) is 0 Å². The quantitative estimate of drug-likeness (QED) is 0.552. The van der Waals surface area contributed by atoms with E-state index in [2.05, 4.69) is 21.3 Å². The van der Waals surface area contributed by atoms with Gasteiger partial charge in [0.15, 0.2) is 0 Å². The molecule has 114 valence electrons. The number of hydrogen-bond donors (Lipinski definition) is 1. The highest BCUT2D eigenvalue weighted by molar-refractivity contribution is 7.19. The van der Waals surface area contributed by atoms with E-state index in [1.807, 2.05) is 60.7 Å². The number of thiazole rings is 1. The number of H-pyrrole nitrogens is 1. The largest absolute Gasteiger partial charge is 0.277 e. The summed E-state index contributed by atoms with van der Waals surface area (Å²) in [5.74, 6) is 0. The van der Waals surface area contributed by atoms with Gasteiger partial charge < -0.3 is 0 Å². The first kappa shape index (κ1) is 14.4. The molecule has 0 atom stereocenters. The number of aromatic nitrogens is 3. The van der Waals surface area contributed by atoms with Crippen molar-refractivity contribution < 1.29 is 0 Å². The Balaban J connectivity index is 1.79. The monoisotopic (exact) mass is 328 g/mol. The summed E-state index contributed by atoms with van der Waals surface area (Å²) in [6, 6.07) is 20.1. The second kappa shape index (κ2) is 6.11. The number of nitriles is 1. The van der Waals surface area contributed by atoms with E-state index >= 15 is 0 Å². The molecule has 2 aromatic heterocycles. The fraction of sp³-hybridized carbons (Fsp3) is 0. The molecule has 5 heteroatoms. The third kappa shape index (κ3) is 2.60. The zero-order chi connectivity index (χ0) is 16.4. The van der Waals surface area contributed by atoms with E-state index in [-0.39, 0.29) is 0 Å². The molecule has 1 N–H and O–H groups in total. The van der Waals surface area contributed by atoms with Crippen LogP contribution in [0, 0.1) is 11.3 Å². The molecular formula is C19H12N4S. The lowest BCUT2D eigenvalue weighted by Crippen LogP contribution is -1.83. The fourth-order valence-electron chi connectivity index (χ4n) is 2.53. The van der Waals surface area contributed by atoms with Gasteiger partial charge in [-0.2, -0.15) is 10.4 Å². The zero-order valence-electron chi connectivity index (χ0n) is 12.6. The van der Waals surface area contributed by atoms with Gasteiger partial charge in [0.05, 0.1) is 27.7 Å². The van der Waals surface area contributed by atoms with E-state index in [0.717, 1.165) is 32.0 Å². The van der Waals surface area contributed by atoms with Gasteiger partial charge in [0.1, 0.15) is 11.1 Å². The molecule has 0 aliphatic heterocycles. The normalized spacial score (nSPS) is 11.5. The topological polar surface area (TPSA) is 65.4 Å². The Morgan fingerprint density at radius 2 is 1.88 bits per heavy atom. The van der Waals surface area contributed by atoms with E-state index < -0.39 is 0 Å². The molecule has 0 amide bonds. The van der Waals surface area contributed by atoms with Crippen molar-refractivity contribution >= 4 is 33.2 Å². The van der Waals surface area contributed by atoms with Crippen LogP contribution < -0.4 is 0 Å². The molecule has 0 bridgehead atoms. The molecular weight excluding hydrogens is 316 g/mol. The summed E-state index contributed by atoms with van der Waals surface area (Å²) in [5, 5.41) is 17.4. The lowest BCUT2D eigenvalue weighted by atomic mass is 10.1. The highest BCUT2D eigenvalue weighted by Gasteiger charge is 2.11. The van der Waals surface area contributed by atoms with Crippen LogP contribution in [0.4, 0.5) is 0 Å². The predicted octanol–water partition coefficient (Wildman–Crippen LogP) is 4.75. The summed E-state index contributed by atoms with van der Waals surface area (Å²) in [6.07, 6.45) is 3.57. The molecule has 4 aromatic rings. The van der Waals surface area contributed by atoms with Crippen LogP contribution in [-0.2, 0) is 0 Å². The third-order valence-electron chi connectivity index (χ3n) is 3.68. The highest BCUT2D eigenvalue weighted by atomic mass is 32.1. The minimum atomic E-state index is 0.537. The Kier molecular flexibility index (Phi) is 3.66. The smallest absolute Gasteiger partial charge is 0.135 e. The number of hydrogen-bond acceptors (Lipinski definition) is 4. The Morgan fingerprint density at radius 3 is 2.67 bits per heavy atom. The van der Waals surface area contributed by atoms with E-state index in [9.17, 15) is 5.26 Å². The first-order valence-corrected chi connectivity index (χ1v) is 8.23. The van der Waals surface area contributed by atoms with Crippen LogP contribution in [0.15, 0.2) is 60.8 Å². The number of benzene rings is 2. The number of fused-ring (bicyclic) bond motifs is 1. The van der Waals surface area contributed by atoms with Gasteiger partial charge in [0.25, 0.3) is 0 Å². The van der Waals surface area contributed by atoms with E-state index in [1.54, 1.807) is 6.20 Å². The van der Waals surface area contributed by atoms with Crippen LogP contribution in [0.5, 0.6) is 0 Å². The van der Waals surface area contributed by atoms with Gasteiger partial charge in [-0.05, 0) is 18.2 Å². The fourth-order valence-corrected chi connectivity index (χ4v) is 3.46. The molecule has 4 rings (SSSR count). The SMILES string of the molecule is N#C/C(=C\c1cn[nH]c1-c1ccccc1)c1nc2ccccc2s1. The number of nitrogens with zero attached hydrogens (tertiary/aromatic N) is 3. The van der Waals surface area contributed by atoms with E-state index in [1.165, 1.54) is 11.3 Å². The maximum Gasteiger partial charge on any atom is 0.135 e. The number of para-hydroxylation sites is 1. The van der Waals surface area contributed by atoms with Crippen LogP contribution in [0.1, 0.15) is 10.6 Å². The molecule has 0 saturated heterocycles. The van der Waals surface area contributed by atoms with Gasteiger partial charge in [-0.1, -0.05) is 42.5 Å². The number of aromatic amines is 1. The summed E-state index contributed by atoms with van der Waals surface area (Å²) in [5.41, 5.74) is 4.24. The second-order valence-electron chi connectivity index (χ2n) is 5.22. The van der Waals surface area contributed by atoms with Crippen molar-refractivity contribution in [3.05, 3.63) is 71.4 Å². The number of rotatable bonds is 3. The summed E-state index contributed by atoms with van der Waals surface area (Å²) in [6.45, 7) is 0. The summed E-state index contributed by atoms with van der Waals surface area (Å²) < 4.78 is 1.07. The standard InChI is InChI=1S/C19H12N4S/c20-11-14(19-22-16-8-4-5-9-17(16)24-19)10-15-12-21-23-18(15)13-6-2-1-3-7-13/h1-10,12H,(H,21,23)/b14-10+. The predicted molar refractivity (Wildman–Crippen MR) is 97.1 cm³/mol. The molecule has 24 heavy (non-hydrogen) atoms. The Hall–Kier alpha value is -3.23.